The molecule has 0 N–H and O–H groups in total. The zero-order valence-electron chi connectivity index (χ0n) is 18.9. The Labute approximate surface area is 211 Å². The maximum atomic E-state index is 13.6. The van der Waals surface area contributed by atoms with Gasteiger partial charge in [0.05, 0.1) is 30.1 Å². The van der Waals surface area contributed by atoms with Crippen LogP contribution in [0.5, 0.6) is 5.75 Å². The molecule has 0 spiro atoms. The molecule has 0 bridgehead atoms. The third kappa shape index (κ3) is 3.43. The van der Waals surface area contributed by atoms with E-state index in [9.17, 15) is 4.79 Å². The van der Waals surface area contributed by atoms with Crippen LogP contribution in [0.15, 0.2) is 63.6 Å². The summed E-state index contributed by atoms with van der Waals surface area (Å²) in [6.45, 7) is 4.23. The van der Waals surface area contributed by atoms with Crippen LogP contribution in [0, 0.1) is 5.41 Å². The quantitative estimate of drug-likeness (QED) is 0.341. The van der Waals surface area contributed by atoms with Gasteiger partial charge in [0.25, 0.3) is 0 Å². The number of halogens is 2. The Kier molecular flexibility index (Phi) is 5.00. The van der Waals surface area contributed by atoms with Crippen LogP contribution < -0.4 is 9.64 Å². The number of carbonyl (C=O) groups is 1. The van der Waals surface area contributed by atoms with Crippen molar-refractivity contribution in [2.24, 2.45) is 10.4 Å². The minimum Gasteiger partial charge on any atom is -0.497 e. The fraction of sp³-hybridized carbons (Fsp3) is 0.269. The molecule has 1 aromatic heterocycles. The number of methoxy groups -OCH3 is 1. The second-order valence-corrected chi connectivity index (χ2v) is 11.4. The summed E-state index contributed by atoms with van der Waals surface area (Å²) in [5, 5.41) is 2.77. The number of fused-ring (bicyclic) bond motifs is 4. The van der Waals surface area contributed by atoms with Crippen LogP contribution in [-0.2, 0) is 4.79 Å². The molecule has 0 saturated heterocycles. The minimum atomic E-state index is -0.420. The minimum absolute atomic E-state index is 0.105. The lowest BCUT2D eigenvalue weighted by atomic mass is 9.73. The first-order valence-corrected chi connectivity index (χ1v) is 12.6. The van der Waals surface area contributed by atoms with Gasteiger partial charge in [-0.15, -0.1) is 0 Å². The summed E-state index contributed by atoms with van der Waals surface area (Å²) in [5.41, 5.74) is 3.91. The number of benzene rings is 2. The molecule has 0 fully saturated rings. The third-order valence-corrected chi connectivity index (χ3v) is 8.10. The molecule has 3 aromatic rings. The number of ether oxygens (including phenoxy) is 1. The molecule has 0 saturated carbocycles. The number of aromatic nitrogens is 1. The molecule has 8 heteroatoms. The summed E-state index contributed by atoms with van der Waals surface area (Å²) in [5.74, 6) is 0.842. The van der Waals surface area contributed by atoms with Gasteiger partial charge in [0.1, 0.15) is 10.9 Å². The van der Waals surface area contributed by atoms with Gasteiger partial charge in [-0.1, -0.05) is 37.0 Å². The van der Waals surface area contributed by atoms with Gasteiger partial charge in [-0.05, 0) is 66.1 Å². The molecule has 1 aliphatic carbocycles. The molecule has 5 nitrogen and oxygen atoms in total. The number of hydrogen-bond acceptors (Lipinski definition) is 6. The number of thioether (sulfide) groups is 1. The van der Waals surface area contributed by atoms with E-state index in [1.165, 1.54) is 0 Å². The van der Waals surface area contributed by atoms with E-state index >= 15 is 0 Å². The molecule has 172 valence electrons. The molecule has 2 aliphatic heterocycles. The predicted molar refractivity (Wildman–Crippen MR) is 138 cm³/mol. The Balaban J connectivity index is 1.61. The smallest absolute Gasteiger partial charge is 0.174 e. The van der Waals surface area contributed by atoms with E-state index in [2.05, 4.69) is 23.7 Å². The number of carbonyl (C=O) groups excluding carboxylic acids is 1. The van der Waals surface area contributed by atoms with Crippen LogP contribution in [-0.4, -0.2) is 23.0 Å². The highest BCUT2D eigenvalue weighted by molar-refractivity contribution is 8.14. The summed E-state index contributed by atoms with van der Waals surface area (Å²) in [6, 6.07) is 13.1. The Morgan fingerprint density at radius 1 is 1.12 bits per heavy atom. The Morgan fingerprint density at radius 2 is 1.94 bits per heavy atom. The summed E-state index contributed by atoms with van der Waals surface area (Å²) < 4.78 is 5.42. The number of aliphatic imine (C=N–C) groups is 1. The molecule has 3 aliphatic rings. The van der Waals surface area contributed by atoms with E-state index in [1.807, 2.05) is 42.5 Å². The van der Waals surface area contributed by atoms with Gasteiger partial charge < -0.3 is 9.64 Å². The maximum absolute atomic E-state index is 13.6. The van der Waals surface area contributed by atoms with Crippen molar-refractivity contribution in [2.45, 2.75) is 37.6 Å². The van der Waals surface area contributed by atoms with Crippen LogP contribution in [0.25, 0.3) is 10.9 Å². The monoisotopic (exact) mass is 509 g/mol. The highest BCUT2D eigenvalue weighted by atomic mass is 35.5. The fourth-order valence-electron chi connectivity index (χ4n) is 5.06. The molecule has 1 atom stereocenters. The SMILES string of the molecule is COc1ccc2nc(Cl)c(C3C4=C(CC(C)(C)CC4=O)N=C4Sc5cc(Cl)ccc5N43)cc2c1. The first-order valence-electron chi connectivity index (χ1n) is 11.0. The summed E-state index contributed by atoms with van der Waals surface area (Å²) in [4.78, 5) is 26.4. The molecular weight excluding hydrogens is 489 g/mol. The predicted octanol–water partition coefficient (Wildman–Crippen LogP) is 7.22. The maximum Gasteiger partial charge on any atom is 0.174 e. The Bertz CT molecular complexity index is 1460. The molecule has 6 rings (SSSR count). The standard InChI is InChI=1S/C26H21Cl2N3O2S/c1-26(2)11-18-22(20(32)12-26)23(31-19-7-4-14(27)10-21(19)34-25(31)30-18)16-9-13-8-15(33-3)5-6-17(13)29-24(16)28/h4-10,23H,11-12H2,1-3H3. The number of allylic oxidation sites excluding steroid dienone is 1. The van der Waals surface area contributed by atoms with E-state index in [0.29, 0.717) is 22.2 Å². The first kappa shape index (κ1) is 22.0. The van der Waals surface area contributed by atoms with E-state index in [0.717, 1.165) is 50.1 Å². The summed E-state index contributed by atoms with van der Waals surface area (Å²) in [6.07, 6.45) is 1.19. The van der Waals surface area contributed by atoms with Crippen molar-refractivity contribution in [1.82, 2.24) is 4.98 Å². The second kappa shape index (κ2) is 7.74. The van der Waals surface area contributed by atoms with Crippen molar-refractivity contribution < 1.29 is 9.53 Å². The number of Topliss-reactive ketones (excluding diaryl/α,β-unsaturated/α-hetero) is 1. The molecule has 1 unspecified atom stereocenters. The van der Waals surface area contributed by atoms with Crippen LogP contribution in [0.3, 0.4) is 0 Å². The molecule has 3 heterocycles. The normalized spacial score (nSPS) is 20.7. The molecule has 34 heavy (non-hydrogen) atoms. The van der Waals surface area contributed by atoms with Crippen LogP contribution in [0.2, 0.25) is 10.2 Å². The van der Waals surface area contributed by atoms with Crippen molar-refractivity contribution in [1.29, 1.82) is 0 Å². The highest BCUT2D eigenvalue weighted by Crippen LogP contribution is 2.54. The van der Waals surface area contributed by atoms with Gasteiger partial charge in [-0.2, -0.15) is 0 Å². The van der Waals surface area contributed by atoms with Crippen LogP contribution >= 0.6 is 35.0 Å². The van der Waals surface area contributed by atoms with E-state index < -0.39 is 6.04 Å². The van der Waals surface area contributed by atoms with Crippen molar-refractivity contribution in [3.63, 3.8) is 0 Å². The molecule has 2 aromatic carbocycles. The van der Waals surface area contributed by atoms with Gasteiger partial charge in [-0.25, -0.2) is 9.98 Å². The van der Waals surface area contributed by atoms with Gasteiger partial charge >= 0.3 is 0 Å². The lowest BCUT2D eigenvalue weighted by Gasteiger charge is -2.40. The number of ketones is 1. The summed E-state index contributed by atoms with van der Waals surface area (Å²) >= 11 is 14.7. The van der Waals surface area contributed by atoms with Crippen molar-refractivity contribution in [3.05, 3.63) is 69.5 Å². The first-order chi connectivity index (χ1) is 16.2. The van der Waals surface area contributed by atoms with Gasteiger partial charge in [0, 0.05) is 32.9 Å². The van der Waals surface area contributed by atoms with Crippen LogP contribution in [0.1, 0.15) is 38.3 Å². The van der Waals surface area contributed by atoms with Crippen molar-refractivity contribution in [3.8, 4) is 5.75 Å². The summed E-state index contributed by atoms with van der Waals surface area (Å²) in [7, 11) is 1.64. The zero-order valence-corrected chi connectivity index (χ0v) is 21.2. The van der Waals surface area contributed by atoms with Crippen LogP contribution in [0.4, 0.5) is 5.69 Å². The number of amidine groups is 1. The fourth-order valence-corrected chi connectivity index (χ4v) is 6.66. The molecule has 0 amide bonds. The zero-order chi connectivity index (χ0) is 23.8. The average Bonchev–Trinajstić information content (AvgIpc) is 3.13. The van der Waals surface area contributed by atoms with Crippen molar-refractivity contribution in [2.75, 3.05) is 12.0 Å². The number of pyridine rings is 1. The Hall–Kier alpha value is -2.54. The average molecular weight is 510 g/mol. The van der Waals surface area contributed by atoms with Gasteiger partial charge in [0.15, 0.2) is 11.0 Å². The van der Waals surface area contributed by atoms with Gasteiger partial charge in [-0.3, -0.25) is 4.79 Å². The number of hydrogen-bond donors (Lipinski definition) is 0. The molecule has 0 radical (unpaired) electrons. The topological polar surface area (TPSA) is 54.8 Å². The largest absolute Gasteiger partial charge is 0.497 e. The highest BCUT2D eigenvalue weighted by Gasteiger charge is 2.46. The number of anilines is 1. The van der Waals surface area contributed by atoms with E-state index in [-0.39, 0.29) is 11.2 Å². The molecular formula is C26H21Cl2N3O2S. The number of nitrogens with zero attached hydrogens (tertiary/aromatic N) is 3. The third-order valence-electron chi connectivity index (χ3n) is 6.54. The lowest BCUT2D eigenvalue weighted by molar-refractivity contribution is -0.118. The lowest BCUT2D eigenvalue weighted by Crippen LogP contribution is -2.40. The van der Waals surface area contributed by atoms with Crippen molar-refractivity contribution >= 4 is 62.5 Å². The van der Waals surface area contributed by atoms with E-state index in [4.69, 9.17) is 32.9 Å². The Morgan fingerprint density at radius 3 is 2.74 bits per heavy atom. The second-order valence-electron chi connectivity index (χ2n) is 9.61. The van der Waals surface area contributed by atoms with E-state index in [1.54, 1.807) is 18.9 Å². The number of rotatable bonds is 2. The van der Waals surface area contributed by atoms with Gasteiger partial charge in [0.2, 0.25) is 0 Å².